The monoisotopic (exact) mass is 469 g/mol. The largest absolute Gasteiger partial charge is 0.486 e. The smallest absolute Gasteiger partial charge is 0.165 e. The molecule has 11 heteroatoms. The second kappa shape index (κ2) is 9.75. The molecule has 0 spiro atoms. The molecule has 0 aliphatic rings. The van der Waals surface area contributed by atoms with Gasteiger partial charge in [-0.1, -0.05) is 19.6 Å². The van der Waals surface area contributed by atoms with Crippen LogP contribution in [0.5, 0.6) is 5.75 Å². The Morgan fingerprint density at radius 1 is 1.12 bits per heavy atom. The first-order valence-electron chi connectivity index (χ1n) is 10.9. The molecule has 3 aromatic heterocycles. The summed E-state index contributed by atoms with van der Waals surface area (Å²) in [5.41, 5.74) is 2.94. The molecule has 4 aromatic rings. The number of imidazole rings is 1. The van der Waals surface area contributed by atoms with E-state index in [0.717, 1.165) is 29.4 Å². The van der Waals surface area contributed by atoms with E-state index < -0.39 is 13.9 Å². The molecule has 174 valence electrons. The first-order chi connectivity index (χ1) is 15.8. The summed E-state index contributed by atoms with van der Waals surface area (Å²) in [5.74, 6) is -0.289. The van der Waals surface area contributed by atoms with Crippen LogP contribution < -0.4 is 4.74 Å². The van der Waals surface area contributed by atoms with Gasteiger partial charge in [0.2, 0.25) is 0 Å². The summed E-state index contributed by atoms with van der Waals surface area (Å²) in [6.45, 7) is 10.3. The molecule has 1 aromatic carbocycles. The molecule has 0 saturated heterocycles. The molecule has 0 N–H and O–H groups in total. The quantitative estimate of drug-likeness (QED) is 0.256. The zero-order chi connectivity index (χ0) is 23.4. The minimum atomic E-state index is -1.15. The zero-order valence-electron chi connectivity index (χ0n) is 19.3. The van der Waals surface area contributed by atoms with E-state index in [1.165, 1.54) is 17.1 Å². The molecule has 0 unspecified atom stereocenters. The molecule has 4 rings (SSSR count). The molecule has 3 heterocycles. The number of pyridine rings is 1. The maximum Gasteiger partial charge on any atom is 0.165 e. The molecule has 0 fully saturated rings. The van der Waals surface area contributed by atoms with E-state index in [2.05, 4.69) is 40.2 Å². The van der Waals surface area contributed by atoms with Gasteiger partial charge in [0.1, 0.15) is 24.7 Å². The highest BCUT2D eigenvalue weighted by molar-refractivity contribution is 6.76. The van der Waals surface area contributed by atoms with E-state index in [1.54, 1.807) is 18.5 Å². The summed E-state index contributed by atoms with van der Waals surface area (Å²) >= 11 is 0. The second-order valence-electron chi connectivity index (χ2n) is 9.21. The number of aromatic nitrogens is 7. The number of halogens is 1. The lowest BCUT2D eigenvalue weighted by atomic mass is 10.1. The highest BCUT2D eigenvalue weighted by atomic mass is 28.3. The van der Waals surface area contributed by atoms with Crippen molar-refractivity contribution in [3.05, 3.63) is 48.8 Å². The number of ether oxygens (including phenoxy) is 2. The highest BCUT2D eigenvalue weighted by Crippen LogP contribution is 2.27. The first-order valence-corrected chi connectivity index (χ1v) is 14.6. The predicted molar refractivity (Wildman–Crippen MR) is 125 cm³/mol. The van der Waals surface area contributed by atoms with Gasteiger partial charge < -0.3 is 9.47 Å². The van der Waals surface area contributed by atoms with E-state index in [1.807, 2.05) is 23.6 Å². The van der Waals surface area contributed by atoms with Gasteiger partial charge in [-0.3, -0.25) is 4.57 Å². The minimum absolute atomic E-state index is 0.151. The SMILES string of the molecule is C[C@@H](Cn1cnnn1)Oc1cc(-c2ccc3ncn(COCC[Si](C)(C)C)c3n2)ccc1F. The van der Waals surface area contributed by atoms with Crippen molar-refractivity contribution in [2.75, 3.05) is 6.61 Å². The van der Waals surface area contributed by atoms with Crippen LogP contribution in [0.15, 0.2) is 43.0 Å². The highest BCUT2D eigenvalue weighted by Gasteiger charge is 2.15. The van der Waals surface area contributed by atoms with Gasteiger partial charge >= 0.3 is 0 Å². The number of rotatable bonds is 10. The summed E-state index contributed by atoms with van der Waals surface area (Å²) in [5, 5.41) is 11.0. The van der Waals surface area contributed by atoms with Crippen molar-refractivity contribution in [1.82, 2.24) is 34.7 Å². The summed E-state index contributed by atoms with van der Waals surface area (Å²) in [6, 6.07) is 9.60. The molecule has 0 amide bonds. The first kappa shape index (κ1) is 23.0. The Hall–Kier alpha value is -3.18. The van der Waals surface area contributed by atoms with E-state index >= 15 is 0 Å². The van der Waals surface area contributed by atoms with Crippen molar-refractivity contribution in [1.29, 1.82) is 0 Å². The van der Waals surface area contributed by atoms with Crippen molar-refractivity contribution in [2.24, 2.45) is 0 Å². The van der Waals surface area contributed by atoms with Crippen LogP contribution in [0.4, 0.5) is 4.39 Å². The molecule has 0 radical (unpaired) electrons. The van der Waals surface area contributed by atoms with Crippen molar-refractivity contribution in [3.63, 3.8) is 0 Å². The van der Waals surface area contributed by atoms with Gasteiger partial charge in [0, 0.05) is 20.2 Å². The van der Waals surface area contributed by atoms with Gasteiger partial charge in [0.05, 0.1) is 18.6 Å². The van der Waals surface area contributed by atoms with Crippen molar-refractivity contribution < 1.29 is 13.9 Å². The number of hydrogen-bond donors (Lipinski definition) is 0. The third-order valence-corrected chi connectivity index (χ3v) is 6.78. The molecular weight excluding hydrogens is 441 g/mol. The Labute approximate surface area is 192 Å². The van der Waals surface area contributed by atoms with Crippen LogP contribution in [0, 0.1) is 5.82 Å². The van der Waals surface area contributed by atoms with Crippen LogP contribution in [0.1, 0.15) is 6.92 Å². The predicted octanol–water partition coefficient (Wildman–Crippen LogP) is 4.00. The van der Waals surface area contributed by atoms with Crippen molar-refractivity contribution in [2.45, 2.75) is 52.0 Å². The maximum absolute atomic E-state index is 14.4. The average molecular weight is 470 g/mol. The number of fused-ring (bicyclic) bond motifs is 1. The number of nitrogens with zero attached hydrogens (tertiary/aromatic N) is 7. The van der Waals surface area contributed by atoms with Crippen LogP contribution in [0.2, 0.25) is 25.7 Å². The fraction of sp³-hybridized carbons (Fsp3) is 0.409. The van der Waals surface area contributed by atoms with Crippen LogP contribution in [0.3, 0.4) is 0 Å². The van der Waals surface area contributed by atoms with E-state index in [4.69, 9.17) is 14.5 Å². The Balaban J connectivity index is 1.50. The zero-order valence-corrected chi connectivity index (χ0v) is 20.3. The standard InChI is InChI=1S/C22H28FN7O2Si/c1-16(12-30-14-25-27-28-30)32-21-11-17(5-6-18(21)23)19-7-8-20-22(26-19)29(13-24-20)15-31-9-10-33(2,3)4/h5-8,11,13-14,16H,9-10,12,15H2,1-4H3/t16-/m0/s1. The molecule has 0 aliphatic heterocycles. The molecule has 1 atom stereocenters. The van der Waals surface area contributed by atoms with Crippen LogP contribution in [-0.2, 0) is 18.0 Å². The molecular formula is C22H28FN7O2Si. The van der Waals surface area contributed by atoms with E-state index in [0.29, 0.717) is 19.0 Å². The fourth-order valence-electron chi connectivity index (χ4n) is 3.27. The third kappa shape index (κ3) is 5.99. The number of hydrogen-bond acceptors (Lipinski definition) is 7. The summed E-state index contributed by atoms with van der Waals surface area (Å²) in [6.07, 6.45) is 2.89. The maximum atomic E-state index is 14.4. The van der Waals surface area contributed by atoms with Crippen molar-refractivity contribution in [3.8, 4) is 17.0 Å². The lowest BCUT2D eigenvalue weighted by Crippen LogP contribution is -2.22. The summed E-state index contributed by atoms with van der Waals surface area (Å²) in [7, 11) is -1.15. The Bertz CT molecular complexity index is 1210. The molecule has 33 heavy (non-hydrogen) atoms. The topological polar surface area (TPSA) is 92.8 Å². The molecule has 0 saturated carbocycles. The molecule has 0 bridgehead atoms. The number of tetrazole rings is 1. The minimum Gasteiger partial charge on any atom is -0.486 e. The lowest BCUT2D eigenvalue weighted by molar-refractivity contribution is 0.0895. The Kier molecular flexibility index (Phi) is 6.79. The van der Waals surface area contributed by atoms with E-state index in [9.17, 15) is 4.39 Å². The molecule has 9 nitrogen and oxygen atoms in total. The Morgan fingerprint density at radius 3 is 2.73 bits per heavy atom. The normalized spacial score (nSPS) is 12.9. The van der Waals surface area contributed by atoms with Gasteiger partial charge in [0.25, 0.3) is 0 Å². The van der Waals surface area contributed by atoms with Crippen LogP contribution in [-0.4, -0.2) is 55.5 Å². The van der Waals surface area contributed by atoms with Crippen LogP contribution >= 0.6 is 0 Å². The van der Waals surface area contributed by atoms with Crippen LogP contribution in [0.25, 0.3) is 22.4 Å². The Morgan fingerprint density at radius 2 is 1.97 bits per heavy atom. The second-order valence-corrected chi connectivity index (χ2v) is 14.8. The molecule has 0 aliphatic carbocycles. The van der Waals surface area contributed by atoms with Gasteiger partial charge in [-0.15, -0.1) is 5.10 Å². The lowest BCUT2D eigenvalue weighted by Gasteiger charge is -2.16. The third-order valence-electron chi connectivity index (χ3n) is 5.08. The van der Waals surface area contributed by atoms with Gasteiger partial charge in [0.15, 0.2) is 17.2 Å². The average Bonchev–Trinajstić information content (AvgIpc) is 3.41. The van der Waals surface area contributed by atoms with Crippen molar-refractivity contribution >= 4 is 19.2 Å². The van der Waals surface area contributed by atoms with Gasteiger partial charge in [-0.2, -0.15) is 0 Å². The van der Waals surface area contributed by atoms with Gasteiger partial charge in [-0.05, 0) is 53.7 Å². The summed E-state index contributed by atoms with van der Waals surface area (Å²) in [4.78, 5) is 9.18. The van der Waals surface area contributed by atoms with E-state index in [-0.39, 0.29) is 11.9 Å². The van der Waals surface area contributed by atoms with Gasteiger partial charge in [-0.25, -0.2) is 19.0 Å². The number of benzene rings is 1. The summed E-state index contributed by atoms with van der Waals surface area (Å²) < 4.78 is 29.5. The fourth-order valence-corrected chi connectivity index (χ4v) is 4.03.